The van der Waals surface area contributed by atoms with Crippen LogP contribution in [0.3, 0.4) is 0 Å². The van der Waals surface area contributed by atoms with Crippen LogP contribution in [0, 0.1) is 10.8 Å². The Bertz CT molecular complexity index is 406. The lowest BCUT2D eigenvalue weighted by atomic mass is 9.86. The summed E-state index contributed by atoms with van der Waals surface area (Å²) < 4.78 is 0. The van der Waals surface area contributed by atoms with E-state index in [1.165, 1.54) is 0 Å². The standard InChI is InChI=1S/C16H27N3/c1-12(16(2,3)4)19(5)11-14(15(17)18)13-9-7-6-8-10-13/h6-10,12,14H,11H2,1-5H3,(H3,17,18). The SMILES string of the molecule is CC(N(C)CC(C(=N)N)c1ccccc1)C(C)(C)C. The molecular formula is C16H27N3. The van der Waals surface area contributed by atoms with E-state index in [4.69, 9.17) is 11.1 Å². The quantitative estimate of drug-likeness (QED) is 0.632. The molecule has 1 aromatic rings. The van der Waals surface area contributed by atoms with Crippen LogP contribution in [-0.4, -0.2) is 30.4 Å². The Morgan fingerprint density at radius 3 is 2.21 bits per heavy atom. The highest BCUT2D eigenvalue weighted by molar-refractivity contribution is 5.84. The first-order valence-corrected chi connectivity index (χ1v) is 6.82. The fourth-order valence-corrected chi connectivity index (χ4v) is 2.18. The normalized spacial score (nSPS) is 15.3. The molecule has 0 saturated carbocycles. The first-order valence-electron chi connectivity index (χ1n) is 6.82. The third kappa shape index (κ3) is 4.35. The van der Waals surface area contributed by atoms with Gasteiger partial charge in [-0.05, 0) is 24.9 Å². The van der Waals surface area contributed by atoms with Gasteiger partial charge in [0.2, 0.25) is 0 Å². The highest BCUT2D eigenvalue weighted by Crippen LogP contribution is 2.25. The number of nitrogens with two attached hydrogens (primary N) is 1. The van der Waals surface area contributed by atoms with Gasteiger partial charge in [0.15, 0.2) is 0 Å². The molecule has 0 bridgehead atoms. The van der Waals surface area contributed by atoms with Crippen molar-refractivity contribution in [1.29, 1.82) is 5.41 Å². The van der Waals surface area contributed by atoms with Crippen LogP contribution in [-0.2, 0) is 0 Å². The van der Waals surface area contributed by atoms with E-state index >= 15 is 0 Å². The smallest absolute Gasteiger partial charge is 0.0995 e. The molecule has 0 aliphatic rings. The minimum Gasteiger partial charge on any atom is -0.387 e. The van der Waals surface area contributed by atoms with E-state index in [1.54, 1.807) is 0 Å². The van der Waals surface area contributed by atoms with Gasteiger partial charge in [-0.3, -0.25) is 5.41 Å². The lowest BCUT2D eigenvalue weighted by molar-refractivity contribution is 0.140. The summed E-state index contributed by atoms with van der Waals surface area (Å²) in [7, 11) is 2.11. The van der Waals surface area contributed by atoms with Gasteiger partial charge >= 0.3 is 0 Å². The van der Waals surface area contributed by atoms with Crippen LogP contribution in [0.25, 0.3) is 0 Å². The molecule has 0 aromatic heterocycles. The molecule has 2 unspecified atom stereocenters. The van der Waals surface area contributed by atoms with Gasteiger partial charge in [0.25, 0.3) is 0 Å². The molecular weight excluding hydrogens is 234 g/mol. The average molecular weight is 261 g/mol. The summed E-state index contributed by atoms with van der Waals surface area (Å²) in [5.41, 5.74) is 7.11. The topological polar surface area (TPSA) is 53.1 Å². The zero-order chi connectivity index (χ0) is 14.6. The molecule has 0 aliphatic heterocycles. The fraction of sp³-hybridized carbons (Fsp3) is 0.562. The van der Waals surface area contributed by atoms with Crippen LogP contribution in [0.2, 0.25) is 0 Å². The number of rotatable bonds is 5. The van der Waals surface area contributed by atoms with Gasteiger partial charge in [-0.2, -0.15) is 0 Å². The number of nitrogens with zero attached hydrogens (tertiary/aromatic N) is 1. The summed E-state index contributed by atoms with van der Waals surface area (Å²) in [6.07, 6.45) is 0. The highest BCUT2D eigenvalue weighted by Gasteiger charge is 2.26. The van der Waals surface area contributed by atoms with Crippen molar-refractivity contribution in [2.24, 2.45) is 11.1 Å². The van der Waals surface area contributed by atoms with Crippen LogP contribution in [0.1, 0.15) is 39.2 Å². The van der Waals surface area contributed by atoms with E-state index in [2.05, 4.69) is 39.6 Å². The molecule has 3 heteroatoms. The van der Waals surface area contributed by atoms with Crippen LogP contribution >= 0.6 is 0 Å². The molecule has 2 atom stereocenters. The first-order chi connectivity index (χ1) is 8.73. The van der Waals surface area contributed by atoms with E-state index in [0.29, 0.717) is 6.04 Å². The Morgan fingerprint density at radius 1 is 1.26 bits per heavy atom. The number of hydrogen-bond acceptors (Lipinski definition) is 2. The molecule has 0 aliphatic carbocycles. The Labute approximate surface area is 117 Å². The third-order valence-corrected chi connectivity index (χ3v) is 3.96. The second-order valence-electron chi connectivity index (χ2n) is 6.40. The summed E-state index contributed by atoms with van der Waals surface area (Å²) in [4.78, 5) is 2.29. The largest absolute Gasteiger partial charge is 0.387 e. The van der Waals surface area contributed by atoms with Gasteiger partial charge in [-0.25, -0.2) is 0 Å². The molecule has 106 valence electrons. The van der Waals surface area contributed by atoms with Crippen molar-refractivity contribution in [3.63, 3.8) is 0 Å². The van der Waals surface area contributed by atoms with Crippen molar-refractivity contribution >= 4 is 5.84 Å². The van der Waals surface area contributed by atoms with E-state index < -0.39 is 0 Å². The number of nitrogens with one attached hydrogen (secondary N) is 1. The van der Waals surface area contributed by atoms with Crippen LogP contribution in [0.5, 0.6) is 0 Å². The van der Waals surface area contributed by atoms with E-state index in [-0.39, 0.29) is 17.2 Å². The monoisotopic (exact) mass is 261 g/mol. The van der Waals surface area contributed by atoms with Gasteiger partial charge in [0.05, 0.1) is 11.8 Å². The second kappa shape index (κ2) is 6.20. The number of hydrogen-bond donors (Lipinski definition) is 2. The molecule has 0 fully saturated rings. The van der Waals surface area contributed by atoms with Crippen LogP contribution < -0.4 is 5.73 Å². The lowest BCUT2D eigenvalue weighted by Crippen LogP contribution is -2.43. The summed E-state index contributed by atoms with van der Waals surface area (Å²) >= 11 is 0. The molecule has 3 nitrogen and oxygen atoms in total. The first kappa shape index (κ1) is 15.7. The van der Waals surface area contributed by atoms with Crippen molar-refractivity contribution < 1.29 is 0 Å². The maximum Gasteiger partial charge on any atom is 0.0995 e. The van der Waals surface area contributed by atoms with Crippen molar-refractivity contribution in [3.05, 3.63) is 35.9 Å². The van der Waals surface area contributed by atoms with E-state index in [9.17, 15) is 0 Å². The molecule has 3 N–H and O–H groups in total. The molecule has 0 radical (unpaired) electrons. The Morgan fingerprint density at radius 2 is 1.79 bits per heavy atom. The van der Waals surface area contributed by atoms with E-state index in [1.807, 2.05) is 30.3 Å². The van der Waals surface area contributed by atoms with Gasteiger partial charge in [-0.15, -0.1) is 0 Å². The zero-order valence-corrected chi connectivity index (χ0v) is 12.8. The van der Waals surface area contributed by atoms with Gasteiger partial charge < -0.3 is 10.6 Å². The predicted molar refractivity (Wildman–Crippen MR) is 82.6 cm³/mol. The fourth-order valence-electron chi connectivity index (χ4n) is 2.18. The second-order valence-corrected chi connectivity index (χ2v) is 6.40. The summed E-state index contributed by atoms with van der Waals surface area (Å²) in [5, 5.41) is 7.83. The lowest BCUT2D eigenvalue weighted by Gasteiger charge is -2.37. The predicted octanol–water partition coefficient (Wildman–Crippen LogP) is 3.07. The van der Waals surface area contributed by atoms with Crippen molar-refractivity contribution in [2.75, 3.05) is 13.6 Å². The molecule has 0 spiro atoms. The van der Waals surface area contributed by atoms with Gasteiger partial charge in [0.1, 0.15) is 0 Å². The number of benzene rings is 1. The molecule has 0 amide bonds. The van der Waals surface area contributed by atoms with Gasteiger partial charge in [-0.1, -0.05) is 51.1 Å². The summed E-state index contributed by atoms with van der Waals surface area (Å²) in [6.45, 7) is 9.71. The maximum atomic E-state index is 7.83. The molecule has 0 saturated heterocycles. The highest BCUT2D eigenvalue weighted by atomic mass is 15.1. The van der Waals surface area contributed by atoms with Crippen LogP contribution in [0.4, 0.5) is 0 Å². The van der Waals surface area contributed by atoms with Gasteiger partial charge in [0, 0.05) is 12.6 Å². The van der Waals surface area contributed by atoms with Crippen molar-refractivity contribution in [3.8, 4) is 0 Å². The van der Waals surface area contributed by atoms with E-state index in [0.717, 1.165) is 12.1 Å². The van der Waals surface area contributed by atoms with Crippen molar-refractivity contribution in [1.82, 2.24) is 4.90 Å². The zero-order valence-electron chi connectivity index (χ0n) is 12.8. The van der Waals surface area contributed by atoms with Crippen molar-refractivity contribution in [2.45, 2.75) is 39.7 Å². The number of amidine groups is 1. The summed E-state index contributed by atoms with van der Waals surface area (Å²) in [6, 6.07) is 10.5. The average Bonchev–Trinajstić information content (AvgIpc) is 2.34. The maximum absolute atomic E-state index is 7.83. The minimum atomic E-state index is -0.0315. The molecule has 1 rings (SSSR count). The number of likely N-dealkylation sites (N-methyl/N-ethyl adjacent to an activating group) is 1. The molecule has 0 heterocycles. The summed E-state index contributed by atoms with van der Waals surface area (Å²) in [5.74, 6) is 0.204. The Hall–Kier alpha value is -1.35. The van der Waals surface area contributed by atoms with Crippen LogP contribution in [0.15, 0.2) is 30.3 Å². The minimum absolute atomic E-state index is 0.0315. The molecule has 19 heavy (non-hydrogen) atoms. The third-order valence-electron chi connectivity index (χ3n) is 3.96. The Kier molecular flexibility index (Phi) is 5.12. The Balaban J connectivity index is 2.84. The molecule has 1 aromatic carbocycles.